The Hall–Kier alpha value is -3.63. The minimum atomic E-state index is 0.458. The Balaban J connectivity index is 1.43. The van der Waals surface area contributed by atoms with Crippen molar-refractivity contribution in [3.8, 4) is 17.1 Å². The second kappa shape index (κ2) is 12.0. The highest BCUT2D eigenvalue weighted by Crippen LogP contribution is 2.41. The molecule has 228 valence electrons. The van der Waals surface area contributed by atoms with Crippen molar-refractivity contribution in [1.29, 1.82) is 0 Å². The standard InChI is InChI=1S/C40H46N2OS/c1-23(2)29-14-18-33-32-19-15-30(25(5)10-11-26(6)36-20-27(7)39(44-36)24(3)4)22-34(32)37-38(35(33)21-29)42(8)40(41-37)28-12-16-31(43-9)17-13-28/h12-26H,10-11H2,1-9H3. The molecule has 0 N–H and O–H groups in total. The van der Waals surface area contributed by atoms with Gasteiger partial charge in [0, 0.05) is 33.1 Å². The maximum Gasteiger partial charge on any atom is 0.140 e. The van der Waals surface area contributed by atoms with E-state index in [9.17, 15) is 0 Å². The summed E-state index contributed by atoms with van der Waals surface area (Å²) in [6.07, 6.45) is 2.35. The number of methoxy groups -OCH3 is 1. The van der Waals surface area contributed by atoms with Crippen molar-refractivity contribution in [2.45, 2.75) is 85.0 Å². The fourth-order valence-corrected chi connectivity index (χ4v) is 8.05. The fraction of sp³-hybridized carbons (Fsp3) is 0.375. The van der Waals surface area contributed by atoms with E-state index in [4.69, 9.17) is 9.72 Å². The van der Waals surface area contributed by atoms with Crippen LogP contribution >= 0.6 is 11.3 Å². The van der Waals surface area contributed by atoms with Gasteiger partial charge in [-0.2, -0.15) is 0 Å². The Kier molecular flexibility index (Phi) is 8.32. The Morgan fingerprint density at radius 3 is 2.00 bits per heavy atom. The van der Waals surface area contributed by atoms with E-state index in [0.717, 1.165) is 29.1 Å². The van der Waals surface area contributed by atoms with Crippen LogP contribution in [-0.2, 0) is 7.05 Å². The molecule has 0 fully saturated rings. The summed E-state index contributed by atoms with van der Waals surface area (Å²) >= 11 is 2.02. The zero-order chi connectivity index (χ0) is 31.3. The lowest BCUT2D eigenvalue weighted by Crippen LogP contribution is -1.98. The Morgan fingerprint density at radius 1 is 0.727 bits per heavy atom. The van der Waals surface area contributed by atoms with E-state index in [-0.39, 0.29) is 0 Å². The van der Waals surface area contributed by atoms with Crippen LogP contribution in [0.1, 0.15) is 105 Å². The Morgan fingerprint density at radius 2 is 1.36 bits per heavy atom. The molecule has 0 saturated carbocycles. The minimum Gasteiger partial charge on any atom is -0.497 e. The quantitative estimate of drug-likeness (QED) is 0.154. The molecule has 0 aliphatic heterocycles. The van der Waals surface area contributed by atoms with Gasteiger partial charge in [-0.05, 0) is 113 Å². The zero-order valence-electron chi connectivity index (χ0n) is 27.8. The van der Waals surface area contributed by atoms with Crippen LogP contribution in [0.2, 0.25) is 0 Å². The predicted octanol–water partition coefficient (Wildman–Crippen LogP) is 11.9. The molecular formula is C40H46N2OS. The second-order valence-corrected chi connectivity index (χ2v) is 14.5. The summed E-state index contributed by atoms with van der Waals surface area (Å²) in [6, 6.07) is 24.8. The third-order valence-electron chi connectivity index (χ3n) is 9.58. The predicted molar refractivity (Wildman–Crippen MR) is 191 cm³/mol. The van der Waals surface area contributed by atoms with Crippen molar-refractivity contribution in [3.63, 3.8) is 0 Å². The van der Waals surface area contributed by atoms with Gasteiger partial charge in [0.1, 0.15) is 11.6 Å². The van der Waals surface area contributed by atoms with E-state index in [0.29, 0.717) is 23.7 Å². The molecule has 0 amide bonds. The number of aromatic nitrogens is 2. The van der Waals surface area contributed by atoms with Crippen LogP contribution in [0.25, 0.3) is 44.0 Å². The molecule has 4 heteroatoms. The average molecular weight is 603 g/mol. The molecule has 0 spiro atoms. The SMILES string of the molecule is COc1ccc(-c2nc3c4cc(C(C)CCC(C)c5cc(C)c(C(C)C)s5)ccc4c4ccc(C(C)C)cc4c3n2C)cc1. The number of fused-ring (bicyclic) bond motifs is 6. The third kappa shape index (κ3) is 5.43. The normalized spacial score (nSPS) is 13.5. The van der Waals surface area contributed by atoms with E-state index < -0.39 is 0 Å². The highest BCUT2D eigenvalue weighted by molar-refractivity contribution is 7.12. The molecule has 0 aliphatic rings. The van der Waals surface area contributed by atoms with Gasteiger partial charge >= 0.3 is 0 Å². The van der Waals surface area contributed by atoms with E-state index >= 15 is 0 Å². The molecule has 0 saturated heterocycles. The molecule has 2 aromatic heterocycles. The van der Waals surface area contributed by atoms with Crippen molar-refractivity contribution >= 4 is 43.9 Å². The first-order chi connectivity index (χ1) is 21.1. The lowest BCUT2D eigenvalue weighted by molar-refractivity contribution is 0.415. The summed E-state index contributed by atoms with van der Waals surface area (Å²) in [6.45, 7) is 16.2. The summed E-state index contributed by atoms with van der Waals surface area (Å²) in [7, 11) is 3.87. The van der Waals surface area contributed by atoms with Crippen molar-refractivity contribution in [2.75, 3.05) is 7.11 Å². The van der Waals surface area contributed by atoms with Crippen molar-refractivity contribution in [2.24, 2.45) is 7.05 Å². The lowest BCUT2D eigenvalue weighted by atomic mass is 9.89. The van der Waals surface area contributed by atoms with Gasteiger partial charge in [-0.15, -0.1) is 11.3 Å². The molecule has 0 radical (unpaired) electrons. The van der Waals surface area contributed by atoms with Gasteiger partial charge in [0.2, 0.25) is 0 Å². The number of ether oxygens (including phenoxy) is 1. The van der Waals surface area contributed by atoms with Gasteiger partial charge in [-0.25, -0.2) is 4.98 Å². The topological polar surface area (TPSA) is 27.1 Å². The molecule has 3 nitrogen and oxygen atoms in total. The highest BCUT2D eigenvalue weighted by Gasteiger charge is 2.20. The number of thiophene rings is 1. The first-order valence-corrected chi connectivity index (χ1v) is 17.0. The summed E-state index contributed by atoms with van der Waals surface area (Å²) in [5.41, 5.74) is 7.58. The Labute approximate surface area is 266 Å². The molecule has 0 bridgehead atoms. The number of aryl methyl sites for hydroxylation is 2. The Bertz CT molecular complexity index is 1960. The number of nitrogens with zero attached hydrogens (tertiary/aromatic N) is 2. The summed E-state index contributed by atoms with van der Waals surface area (Å²) < 4.78 is 7.72. The van der Waals surface area contributed by atoms with Gasteiger partial charge in [0.15, 0.2) is 0 Å². The van der Waals surface area contributed by atoms with E-state index in [1.807, 2.05) is 23.5 Å². The van der Waals surface area contributed by atoms with Gasteiger partial charge in [0.25, 0.3) is 0 Å². The van der Waals surface area contributed by atoms with Gasteiger partial charge in [0.05, 0.1) is 18.1 Å². The molecule has 4 aromatic carbocycles. The van der Waals surface area contributed by atoms with Crippen LogP contribution in [0, 0.1) is 6.92 Å². The average Bonchev–Trinajstić information content (AvgIpc) is 3.59. The van der Waals surface area contributed by atoms with Gasteiger partial charge in [-0.1, -0.05) is 65.8 Å². The maximum absolute atomic E-state index is 5.43. The minimum absolute atomic E-state index is 0.458. The van der Waals surface area contributed by atoms with Crippen molar-refractivity contribution in [1.82, 2.24) is 9.55 Å². The number of rotatable bonds is 9. The second-order valence-electron chi connectivity index (χ2n) is 13.4. The van der Waals surface area contributed by atoms with E-state index in [1.165, 1.54) is 59.9 Å². The highest BCUT2D eigenvalue weighted by atomic mass is 32.1. The molecule has 2 unspecified atom stereocenters. The van der Waals surface area contributed by atoms with E-state index in [2.05, 4.69) is 115 Å². The largest absolute Gasteiger partial charge is 0.497 e. The van der Waals surface area contributed by atoms with Crippen molar-refractivity contribution in [3.05, 3.63) is 93.2 Å². The van der Waals surface area contributed by atoms with E-state index in [1.54, 1.807) is 7.11 Å². The van der Waals surface area contributed by atoms with Crippen LogP contribution < -0.4 is 4.74 Å². The van der Waals surface area contributed by atoms with Gasteiger partial charge in [-0.3, -0.25) is 0 Å². The number of hydrogen-bond donors (Lipinski definition) is 0. The van der Waals surface area contributed by atoms with Crippen LogP contribution in [0.3, 0.4) is 0 Å². The molecular weight excluding hydrogens is 557 g/mol. The fourth-order valence-electron chi connectivity index (χ4n) is 6.79. The smallest absolute Gasteiger partial charge is 0.140 e. The first kappa shape index (κ1) is 30.4. The summed E-state index contributed by atoms with van der Waals surface area (Å²) in [5.74, 6) is 3.92. The molecule has 2 heterocycles. The third-order valence-corrected chi connectivity index (χ3v) is 11.4. The lowest BCUT2D eigenvalue weighted by Gasteiger charge is -2.17. The zero-order valence-corrected chi connectivity index (χ0v) is 28.6. The number of benzene rings is 4. The molecule has 44 heavy (non-hydrogen) atoms. The van der Waals surface area contributed by atoms with Crippen LogP contribution in [0.5, 0.6) is 5.75 Å². The maximum atomic E-state index is 5.43. The molecule has 2 atom stereocenters. The molecule has 6 rings (SSSR count). The number of hydrogen-bond acceptors (Lipinski definition) is 3. The molecule has 6 aromatic rings. The summed E-state index contributed by atoms with van der Waals surface area (Å²) in [4.78, 5) is 8.42. The first-order valence-electron chi connectivity index (χ1n) is 16.2. The van der Waals surface area contributed by atoms with Gasteiger partial charge < -0.3 is 9.30 Å². The van der Waals surface area contributed by atoms with Crippen LogP contribution in [-0.4, -0.2) is 16.7 Å². The monoisotopic (exact) mass is 602 g/mol. The summed E-state index contributed by atoms with van der Waals surface area (Å²) in [5, 5.41) is 5.09. The van der Waals surface area contributed by atoms with Crippen LogP contribution in [0.4, 0.5) is 0 Å². The van der Waals surface area contributed by atoms with Crippen molar-refractivity contribution < 1.29 is 4.74 Å². The number of imidazole rings is 1. The molecule has 0 aliphatic carbocycles. The van der Waals surface area contributed by atoms with Crippen LogP contribution in [0.15, 0.2) is 66.7 Å².